The summed E-state index contributed by atoms with van der Waals surface area (Å²) in [5.41, 5.74) is 1.25. The van der Waals surface area contributed by atoms with Crippen molar-refractivity contribution in [3.05, 3.63) is 52.1 Å². The third-order valence-electron chi connectivity index (χ3n) is 3.01. The smallest absolute Gasteiger partial charge is 0.316 e. The lowest BCUT2D eigenvalue weighted by atomic mass is 10.3. The topological polar surface area (TPSA) is 61.2 Å². The first kappa shape index (κ1) is 14.8. The molecule has 0 N–H and O–H groups in total. The molecular formula is C15H12N2O3S2. The van der Waals surface area contributed by atoms with Crippen LogP contribution in [0, 0.1) is 0 Å². The first-order chi connectivity index (χ1) is 10.7. The van der Waals surface area contributed by atoms with Crippen LogP contribution >= 0.6 is 23.1 Å². The fraction of sp³-hybridized carbons (Fsp3) is 0.133. The van der Waals surface area contributed by atoms with E-state index < -0.39 is 0 Å². The number of carbonyl (C=O) groups excluding carboxylic acids is 1. The molecule has 0 radical (unpaired) electrons. The normalized spacial score (nSPS) is 10.8. The van der Waals surface area contributed by atoms with E-state index in [-0.39, 0.29) is 17.3 Å². The summed E-state index contributed by atoms with van der Waals surface area (Å²) < 4.78 is 6.78. The molecule has 5 nitrogen and oxygen atoms in total. The Bertz CT molecular complexity index is 871. The monoisotopic (exact) mass is 332 g/mol. The maximum absolute atomic E-state index is 12.7. The Labute approximate surface area is 134 Å². The summed E-state index contributed by atoms with van der Waals surface area (Å²) in [4.78, 5) is 28.6. The molecule has 0 spiro atoms. The summed E-state index contributed by atoms with van der Waals surface area (Å²) >= 11 is 2.55. The lowest BCUT2D eigenvalue weighted by Gasteiger charge is -2.11. The summed E-state index contributed by atoms with van der Waals surface area (Å²) in [5, 5.41) is 2.32. The van der Waals surface area contributed by atoms with Gasteiger partial charge in [0, 0.05) is 0 Å². The number of benzene rings is 1. The molecule has 2 aromatic heterocycles. The summed E-state index contributed by atoms with van der Waals surface area (Å²) in [6.07, 6.45) is 0. The van der Waals surface area contributed by atoms with Crippen molar-refractivity contribution < 1.29 is 9.53 Å². The van der Waals surface area contributed by atoms with Crippen LogP contribution in [-0.4, -0.2) is 28.4 Å². The Morgan fingerprint density at radius 3 is 2.82 bits per heavy atom. The van der Waals surface area contributed by atoms with Crippen LogP contribution in [0.4, 0.5) is 0 Å². The number of thiophene rings is 1. The molecule has 0 saturated heterocycles. The number of thioether (sulfide) groups is 1. The van der Waals surface area contributed by atoms with Gasteiger partial charge in [-0.05, 0) is 23.6 Å². The Balaban J connectivity index is 2.16. The maximum Gasteiger partial charge on any atom is 0.316 e. The summed E-state index contributed by atoms with van der Waals surface area (Å²) in [5.74, 6) is -0.255. The van der Waals surface area contributed by atoms with Gasteiger partial charge in [-0.25, -0.2) is 4.98 Å². The van der Waals surface area contributed by atoms with Gasteiger partial charge in [-0.3, -0.25) is 14.2 Å². The van der Waals surface area contributed by atoms with E-state index >= 15 is 0 Å². The van der Waals surface area contributed by atoms with Crippen molar-refractivity contribution in [1.82, 2.24) is 9.55 Å². The van der Waals surface area contributed by atoms with Gasteiger partial charge in [-0.1, -0.05) is 30.0 Å². The average molecular weight is 332 g/mol. The van der Waals surface area contributed by atoms with Crippen molar-refractivity contribution in [3.63, 3.8) is 0 Å². The zero-order valence-electron chi connectivity index (χ0n) is 11.7. The minimum Gasteiger partial charge on any atom is -0.468 e. The highest BCUT2D eigenvalue weighted by Gasteiger charge is 2.15. The second kappa shape index (κ2) is 6.33. The Morgan fingerprint density at radius 2 is 2.09 bits per heavy atom. The predicted octanol–water partition coefficient (Wildman–Crippen LogP) is 2.71. The van der Waals surface area contributed by atoms with Gasteiger partial charge < -0.3 is 4.74 Å². The molecule has 22 heavy (non-hydrogen) atoms. The van der Waals surface area contributed by atoms with E-state index in [1.807, 2.05) is 35.7 Å². The lowest BCUT2D eigenvalue weighted by Crippen LogP contribution is -2.21. The fourth-order valence-electron chi connectivity index (χ4n) is 1.98. The van der Waals surface area contributed by atoms with Crippen LogP contribution in [0.5, 0.6) is 0 Å². The minimum absolute atomic E-state index is 0.103. The van der Waals surface area contributed by atoms with E-state index in [0.717, 1.165) is 5.69 Å². The van der Waals surface area contributed by atoms with Crippen LogP contribution in [0.25, 0.3) is 15.9 Å². The molecule has 2 heterocycles. The van der Waals surface area contributed by atoms with Crippen molar-refractivity contribution in [3.8, 4) is 5.69 Å². The number of ether oxygens (including phenoxy) is 1. The molecule has 0 aliphatic rings. The van der Waals surface area contributed by atoms with E-state index in [4.69, 9.17) is 0 Å². The highest BCUT2D eigenvalue weighted by Crippen LogP contribution is 2.23. The second-order valence-electron chi connectivity index (χ2n) is 4.37. The molecule has 0 saturated carbocycles. The summed E-state index contributed by atoms with van der Waals surface area (Å²) in [6.45, 7) is 0. The van der Waals surface area contributed by atoms with Gasteiger partial charge in [0.1, 0.15) is 4.70 Å². The largest absolute Gasteiger partial charge is 0.468 e. The SMILES string of the molecule is COC(=O)CSc1nc2ccsc2c(=O)n1-c1ccccc1. The number of fused-ring (bicyclic) bond motifs is 1. The second-order valence-corrected chi connectivity index (χ2v) is 6.23. The molecule has 0 unspecified atom stereocenters. The minimum atomic E-state index is -0.357. The van der Waals surface area contributed by atoms with E-state index in [1.165, 1.54) is 34.8 Å². The number of aromatic nitrogens is 2. The van der Waals surface area contributed by atoms with E-state index in [1.54, 1.807) is 6.07 Å². The van der Waals surface area contributed by atoms with Gasteiger partial charge in [-0.15, -0.1) is 11.3 Å². The van der Waals surface area contributed by atoms with Gasteiger partial charge >= 0.3 is 5.97 Å². The number of esters is 1. The molecule has 0 amide bonds. The Kier molecular flexibility index (Phi) is 4.26. The number of nitrogens with zero attached hydrogens (tertiary/aromatic N) is 2. The number of hydrogen-bond donors (Lipinski definition) is 0. The van der Waals surface area contributed by atoms with E-state index in [0.29, 0.717) is 15.4 Å². The van der Waals surface area contributed by atoms with Gasteiger partial charge in [0.05, 0.1) is 24.1 Å². The lowest BCUT2D eigenvalue weighted by molar-refractivity contribution is -0.137. The molecule has 3 rings (SSSR count). The third kappa shape index (κ3) is 2.77. The zero-order chi connectivity index (χ0) is 15.5. The Morgan fingerprint density at radius 1 is 1.32 bits per heavy atom. The first-order valence-corrected chi connectivity index (χ1v) is 8.32. The quantitative estimate of drug-likeness (QED) is 0.418. The van der Waals surface area contributed by atoms with Gasteiger partial charge in [0.2, 0.25) is 0 Å². The molecule has 112 valence electrons. The number of hydrogen-bond acceptors (Lipinski definition) is 6. The highest BCUT2D eigenvalue weighted by atomic mass is 32.2. The van der Waals surface area contributed by atoms with Crippen LogP contribution in [0.15, 0.2) is 51.7 Å². The zero-order valence-corrected chi connectivity index (χ0v) is 13.3. The van der Waals surface area contributed by atoms with Crippen LogP contribution in [0.2, 0.25) is 0 Å². The van der Waals surface area contributed by atoms with Crippen LogP contribution < -0.4 is 5.56 Å². The van der Waals surface area contributed by atoms with Gasteiger partial charge in [-0.2, -0.15) is 0 Å². The Hall–Kier alpha value is -2.12. The number of rotatable bonds is 4. The van der Waals surface area contributed by atoms with Crippen molar-refractivity contribution in [2.24, 2.45) is 0 Å². The van der Waals surface area contributed by atoms with Crippen LogP contribution in [-0.2, 0) is 9.53 Å². The molecule has 0 fully saturated rings. The van der Waals surface area contributed by atoms with Crippen molar-refractivity contribution >= 4 is 39.3 Å². The molecular weight excluding hydrogens is 320 g/mol. The summed E-state index contributed by atoms with van der Waals surface area (Å²) in [6, 6.07) is 11.1. The standard InChI is InChI=1S/C15H12N2O3S2/c1-20-12(18)9-22-15-16-11-7-8-21-13(11)14(19)17(15)10-5-3-2-4-6-10/h2-8H,9H2,1H3. The third-order valence-corrected chi connectivity index (χ3v) is 4.81. The average Bonchev–Trinajstić information content (AvgIpc) is 3.02. The molecule has 3 aromatic rings. The van der Waals surface area contributed by atoms with Crippen molar-refractivity contribution in [2.45, 2.75) is 5.16 Å². The number of para-hydroxylation sites is 1. The van der Waals surface area contributed by atoms with Crippen molar-refractivity contribution in [2.75, 3.05) is 12.9 Å². The van der Waals surface area contributed by atoms with E-state index in [2.05, 4.69) is 9.72 Å². The molecule has 0 atom stereocenters. The molecule has 0 aliphatic carbocycles. The predicted molar refractivity (Wildman–Crippen MR) is 88.0 cm³/mol. The number of carbonyl (C=O) groups is 1. The van der Waals surface area contributed by atoms with Gasteiger partial charge in [0.15, 0.2) is 5.16 Å². The van der Waals surface area contributed by atoms with Crippen LogP contribution in [0.1, 0.15) is 0 Å². The fourth-order valence-corrected chi connectivity index (χ4v) is 3.58. The molecule has 0 aliphatic heterocycles. The first-order valence-electron chi connectivity index (χ1n) is 6.46. The maximum atomic E-state index is 12.7. The molecule has 7 heteroatoms. The summed E-state index contributed by atoms with van der Waals surface area (Å²) in [7, 11) is 1.34. The number of methoxy groups -OCH3 is 1. The highest BCUT2D eigenvalue weighted by molar-refractivity contribution is 7.99. The van der Waals surface area contributed by atoms with Crippen molar-refractivity contribution in [1.29, 1.82) is 0 Å². The van der Waals surface area contributed by atoms with E-state index in [9.17, 15) is 9.59 Å². The van der Waals surface area contributed by atoms with Gasteiger partial charge in [0.25, 0.3) is 5.56 Å². The molecule has 1 aromatic carbocycles. The van der Waals surface area contributed by atoms with Crippen LogP contribution in [0.3, 0.4) is 0 Å². The molecule has 0 bridgehead atoms.